The van der Waals surface area contributed by atoms with Crippen LogP contribution in [0.15, 0.2) is 48.5 Å². The molecule has 0 amide bonds. The minimum absolute atomic E-state index is 0.282. The van der Waals surface area contributed by atoms with Crippen molar-refractivity contribution in [2.24, 2.45) is 0 Å². The first-order valence-corrected chi connectivity index (χ1v) is 5.09. The lowest BCUT2D eigenvalue weighted by atomic mass is 10.1. The summed E-state index contributed by atoms with van der Waals surface area (Å²) in [5.41, 5.74) is 2.27. The fourth-order valence-electron chi connectivity index (χ4n) is 1.46. The molecule has 3 heteroatoms. The van der Waals surface area contributed by atoms with Crippen molar-refractivity contribution in [3.05, 3.63) is 59.7 Å². The molecule has 0 saturated heterocycles. The molecule has 2 rings (SSSR count). The molecule has 0 atom stereocenters. The molecule has 0 radical (unpaired) electrons. The van der Waals surface area contributed by atoms with Gasteiger partial charge >= 0.3 is 0 Å². The fraction of sp³-hybridized carbons (Fsp3) is 0.0714. The van der Waals surface area contributed by atoms with E-state index in [2.05, 4.69) is 0 Å². The van der Waals surface area contributed by atoms with Crippen LogP contribution in [0.2, 0.25) is 0 Å². The van der Waals surface area contributed by atoms with Gasteiger partial charge in [-0.15, -0.1) is 0 Å². The van der Waals surface area contributed by atoms with Crippen molar-refractivity contribution >= 4 is 6.79 Å². The first kappa shape index (κ1) is 12.8. The third-order valence-corrected chi connectivity index (χ3v) is 2.28. The Morgan fingerprint density at radius 2 is 1.00 bits per heavy atom. The monoisotopic (exact) mass is 230 g/mol. The number of benzene rings is 2. The van der Waals surface area contributed by atoms with Gasteiger partial charge in [-0.3, -0.25) is 0 Å². The summed E-state index contributed by atoms with van der Waals surface area (Å²) in [6, 6.07) is 14.3. The zero-order valence-corrected chi connectivity index (χ0v) is 9.34. The molecule has 3 nitrogen and oxygen atoms in total. The first-order valence-electron chi connectivity index (χ1n) is 5.09. The van der Waals surface area contributed by atoms with Gasteiger partial charge in [0, 0.05) is 0 Å². The van der Waals surface area contributed by atoms with Crippen LogP contribution in [0, 0.1) is 0 Å². The highest BCUT2D eigenvalue weighted by molar-refractivity contribution is 5.32. The second kappa shape index (κ2) is 6.33. The molecule has 0 spiro atoms. The van der Waals surface area contributed by atoms with Crippen LogP contribution in [-0.2, 0) is 11.2 Å². The van der Waals surface area contributed by atoms with Gasteiger partial charge in [-0.05, 0) is 41.8 Å². The van der Waals surface area contributed by atoms with E-state index < -0.39 is 0 Å². The molecule has 2 aromatic carbocycles. The molecule has 0 aliphatic heterocycles. The van der Waals surface area contributed by atoms with Crippen LogP contribution < -0.4 is 0 Å². The molecule has 0 aromatic heterocycles. The predicted molar refractivity (Wildman–Crippen MR) is 66.1 cm³/mol. The Bertz CT molecular complexity index is 402. The van der Waals surface area contributed by atoms with Gasteiger partial charge in [0.25, 0.3) is 0 Å². The number of hydrogen-bond donors (Lipinski definition) is 2. The van der Waals surface area contributed by atoms with E-state index >= 15 is 0 Å². The van der Waals surface area contributed by atoms with Gasteiger partial charge in [0.2, 0.25) is 0 Å². The minimum Gasteiger partial charge on any atom is -0.508 e. The molecule has 0 heterocycles. The second-order valence-corrected chi connectivity index (χ2v) is 3.51. The third kappa shape index (κ3) is 3.99. The van der Waals surface area contributed by atoms with E-state index in [1.165, 1.54) is 0 Å². The minimum atomic E-state index is 0.282. The van der Waals surface area contributed by atoms with Gasteiger partial charge in [-0.1, -0.05) is 24.3 Å². The fourth-order valence-corrected chi connectivity index (χ4v) is 1.46. The standard InChI is InChI=1S/C13H12O2.CH2O/c14-12-5-1-10(2-6-12)9-11-3-7-13(15)8-4-11;1-2/h1-8,14-15H,9H2;1H2. The van der Waals surface area contributed by atoms with Crippen LogP contribution in [0.5, 0.6) is 11.5 Å². The van der Waals surface area contributed by atoms with E-state index in [0.717, 1.165) is 17.5 Å². The smallest absolute Gasteiger partial charge is 0.115 e. The number of hydrogen-bond acceptors (Lipinski definition) is 3. The molecular weight excluding hydrogens is 216 g/mol. The van der Waals surface area contributed by atoms with Gasteiger partial charge in [-0.2, -0.15) is 0 Å². The summed E-state index contributed by atoms with van der Waals surface area (Å²) in [5.74, 6) is 0.564. The average molecular weight is 230 g/mol. The summed E-state index contributed by atoms with van der Waals surface area (Å²) in [4.78, 5) is 8.00. The number of phenolic OH excluding ortho intramolecular Hbond substituents is 2. The highest BCUT2D eigenvalue weighted by Gasteiger charge is 1.96. The van der Waals surface area contributed by atoms with Crippen molar-refractivity contribution in [1.82, 2.24) is 0 Å². The number of rotatable bonds is 2. The SMILES string of the molecule is C=O.Oc1ccc(Cc2ccc(O)cc2)cc1. The molecule has 17 heavy (non-hydrogen) atoms. The van der Waals surface area contributed by atoms with Crippen molar-refractivity contribution < 1.29 is 15.0 Å². The van der Waals surface area contributed by atoms with E-state index in [1.54, 1.807) is 24.3 Å². The maximum absolute atomic E-state index is 9.13. The largest absolute Gasteiger partial charge is 0.508 e. The van der Waals surface area contributed by atoms with Crippen LogP contribution >= 0.6 is 0 Å². The number of carbonyl (C=O) groups excluding carboxylic acids is 1. The van der Waals surface area contributed by atoms with Crippen LogP contribution in [-0.4, -0.2) is 17.0 Å². The van der Waals surface area contributed by atoms with Gasteiger partial charge in [0.1, 0.15) is 18.3 Å². The van der Waals surface area contributed by atoms with Gasteiger partial charge in [-0.25, -0.2) is 0 Å². The van der Waals surface area contributed by atoms with E-state index in [1.807, 2.05) is 31.1 Å². The second-order valence-electron chi connectivity index (χ2n) is 3.51. The van der Waals surface area contributed by atoms with E-state index in [-0.39, 0.29) is 11.5 Å². The molecule has 0 aliphatic rings. The molecule has 0 bridgehead atoms. The lowest BCUT2D eigenvalue weighted by Gasteiger charge is -2.02. The number of carbonyl (C=O) groups is 1. The molecule has 0 aliphatic carbocycles. The summed E-state index contributed by atoms with van der Waals surface area (Å²) in [6.07, 6.45) is 0.806. The maximum Gasteiger partial charge on any atom is 0.115 e. The summed E-state index contributed by atoms with van der Waals surface area (Å²) in [6.45, 7) is 2.00. The van der Waals surface area contributed by atoms with Crippen molar-refractivity contribution in [2.75, 3.05) is 0 Å². The van der Waals surface area contributed by atoms with Gasteiger partial charge in [0.15, 0.2) is 0 Å². The number of phenols is 2. The Hall–Kier alpha value is -2.29. The van der Waals surface area contributed by atoms with Crippen molar-refractivity contribution in [2.45, 2.75) is 6.42 Å². The summed E-state index contributed by atoms with van der Waals surface area (Å²) >= 11 is 0. The Balaban J connectivity index is 0.000000686. The predicted octanol–water partition coefficient (Wildman–Crippen LogP) is 2.50. The summed E-state index contributed by atoms with van der Waals surface area (Å²) in [7, 11) is 0. The quantitative estimate of drug-likeness (QED) is 0.833. The highest BCUT2D eigenvalue weighted by atomic mass is 16.3. The summed E-state index contributed by atoms with van der Waals surface area (Å²) < 4.78 is 0. The zero-order chi connectivity index (χ0) is 12.7. The molecule has 2 N–H and O–H groups in total. The Labute approximate surface area is 100.0 Å². The lowest BCUT2D eigenvalue weighted by Crippen LogP contribution is -1.86. The van der Waals surface area contributed by atoms with E-state index in [0.29, 0.717) is 0 Å². The Morgan fingerprint density at radius 1 is 0.706 bits per heavy atom. The van der Waals surface area contributed by atoms with Gasteiger partial charge < -0.3 is 15.0 Å². The zero-order valence-electron chi connectivity index (χ0n) is 9.34. The molecule has 0 saturated carbocycles. The van der Waals surface area contributed by atoms with Crippen LogP contribution in [0.25, 0.3) is 0 Å². The summed E-state index contributed by atoms with van der Waals surface area (Å²) in [5, 5.41) is 18.3. The molecular formula is C14H14O3. The van der Waals surface area contributed by atoms with E-state index in [9.17, 15) is 0 Å². The van der Waals surface area contributed by atoms with Crippen molar-refractivity contribution in [3.8, 4) is 11.5 Å². The molecule has 2 aromatic rings. The maximum atomic E-state index is 9.13. The Morgan fingerprint density at radius 3 is 1.29 bits per heavy atom. The topological polar surface area (TPSA) is 57.5 Å². The Kier molecular flexibility index (Phi) is 4.76. The third-order valence-electron chi connectivity index (χ3n) is 2.28. The molecule has 0 unspecified atom stereocenters. The van der Waals surface area contributed by atoms with Crippen LogP contribution in [0.4, 0.5) is 0 Å². The molecule has 0 fully saturated rings. The molecule has 88 valence electrons. The van der Waals surface area contributed by atoms with Crippen molar-refractivity contribution in [1.29, 1.82) is 0 Å². The van der Waals surface area contributed by atoms with Crippen molar-refractivity contribution in [3.63, 3.8) is 0 Å². The van der Waals surface area contributed by atoms with Crippen LogP contribution in [0.1, 0.15) is 11.1 Å². The first-order chi connectivity index (χ1) is 8.24. The van der Waals surface area contributed by atoms with Gasteiger partial charge in [0.05, 0.1) is 0 Å². The number of aromatic hydroxyl groups is 2. The van der Waals surface area contributed by atoms with E-state index in [4.69, 9.17) is 15.0 Å². The normalized spacial score (nSPS) is 9.18. The van der Waals surface area contributed by atoms with Crippen LogP contribution in [0.3, 0.4) is 0 Å². The average Bonchev–Trinajstić information content (AvgIpc) is 2.37. The lowest BCUT2D eigenvalue weighted by molar-refractivity contribution is -0.0979. The highest BCUT2D eigenvalue weighted by Crippen LogP contribution is 2.15.